The molecule has 1 aromatic rings. The molecule has 0 spiro atoms. The highest BCUT2D eigenvalue weighted by Gasteiger charge is 2.14. The zero-order valence-corrected chi connectivity index (χ0v) is 10.4. The van der Waals surface area contributed by atoms with Crippen LogP contribution in [-0.2, 0) is 9.53 Å². The van der Waals surface area contributed by atoms with E-state index in [1.165, 1.54) is 0 Å². The summed E-state index contributed by atoms with van der Waals surface area (Å²) in [5, 5.41) is 0. The molecule has 1 aromatic carbocycles. The summed E-state index contributed by atoms with van der Waals surface area (Å²) < 4.78 is 10.4. The van der Waals surface area contributed by atoms with Crippen molar-refractivity contribution in [2.45, 2.75) is 6.42 Å². The summed E-state index contributed by atoms with van der Waals surface area (Å²) in [6, 6.07) is 7.58. The average Bonchev–Trinajstić information content (AvgIpc) is 2.46. The SMILES string of the molecule is COC1=CCC(=C=O)C(c2cccc(OC)c2)=C1. The number of allylic oxidation sites excluding steroid dienone is 4. The van der Waals surface area contributed by atoms with Crippen molar-refractivity contribution in [1.29, 1.82) is 0 Å². The molecule has 0 bridgehead atoms. The van der Waals surface area contributed by atoms with Gasteiger partial charge in [-0.25, -0.2) is 4.79 Å². The van der Waals surface area contributed by atoms with E-state index in [0.29, 0.717) is 12.0 Å². The first kappa shape index (κ1) is 12.2. The van der Waals surface area contributed by atoms with E-state index < -0.39 is 0 Å². The van der Waals surface area contributed by atoms with Gasteiger partial charge < -0.3 is 9.47 Å². The van der Waals surface area contributed by atoms with Crippen LogP contribution in [-0.4, -0.2) is 20.2 Å². The molecule has 0 saturated heterocycles. The predicted molar refractivity (Wildman–Crippen MR) is 69.9 cm³/mol. The summed E-state index contributed by atoms with van der Waals surface area (Å²) in [5.41, 5.74) is 2.39. The molecule has 1 aliphatic carbocycles. The quantitative estimate of drug-likeness (QED) is 0.764. The first-order chi connectivity index (χ1) is 8.78. The van der Waals surface area contributed by atoms with Gasteiger partial charge in [-0.15, -0.1) is 0 Å². The van der Waals surface area contributed by atoms with Gasteiger partial charge in [0.2, 0.25) is 0 Å². The Labute approximate surface area is 106 Å². The molecule has 0 N–H and O–H groups in total. The number of methoxy groups -OCH3 is 2. The minimum absolute atomic E-state index is 0.537. The summed E-state index contributed by atoms with van der Waals surface area (Å²) in [4.78, 5) is 11.0. The van der Waals surface area contributed by atoms with E-state index in [1.807, 2.05) is 42.4 Å². The molecule has 0 saturated carbocycles. The molecule has 92 valence electrons. The van der Waals surface area contributed by atoms with Gasteiger partial charge in [0.05, 0.1) is 14.2 Å². The first-order valence-electron chi connectivity index (χ1n) is 5.63. The normalized spacial score (nSPS) is 14.4. The van der Waals surface area contributed by atoms with Crippen LogP contribution in [0.15, 0.2) is 47.7 Å². The van der Waals surface area contributed by atoms with Crippen molar-refractivity contribution in [1.82, 2.24) is 0 Å². The molecule has 3 heteroatoms. The molecular weight excluding hydrogens is 228 g/mol. The van der Waals surface area contributed by atoms with Crippen LogP contribution in [0.2, 0.25) is 0 Å². The fraction of sp³-hybridized carbons (Fsp3) is 0.200. The number of carbonyl (C=O) groups excluding carboxylic acids is 1. The van der Waals surface area contributed by atoms with E-state index in [4.69, 9.17) is 9.47 Å². The maximum Gasteiger partial charge on any atom is 0.128 e. The fourth-order valence-electron chi connectivity index (χ4n) is 1.89. The van der Waals surface area contributed by atoms with Gasteiger partial charge in [-0.05, 0) is 35.4 Å². The maximum atomic E-state index is 11.0. The standard InChI is InChI=1S/C15H14O3/c1-17-13-5-3-4-11(8-13)15-9-14(18-2)7-6-12(15)10-16/h3-5,7-9H,6H2,1-2H3. The Kier molecular flexibility index (Phi) is 3.66. The van der Waals surface area contributed by atoms with Crippen molar-refractivity contribution >= 4 is 11.5 Å². The largest absolute Gasteiger partial charge is 0.497 e. The van der Waals surface area contributed by atoms with Crippen molar-refractivity contribution in [3.05, 3.63) is 53.3 Å². The molecule has 3 nitrogen and oxygen atoms in total. The molecular formula is C15H14O3. The van der Waals surface area contributed by atoms with Crippen LogP contribution in [0, 0.1) is 0 Å². The second-order valence-electron chi connectivity index (χ2n) is 3.89. The maximum absolute atomic E-state index is 11.0. The van der Waals surface area contributed by atoms with Gasteiger partial charge in [0.25, 0.3) is 0 Å². The second-order valence-corrected chi connectivity index (χ2v) is 3.89. The molecule has 0 fully saturated rings. The van der Waals surface area contributed by atoms with E-state index in [9.17, 15) is 4.79 Å². The molecule has 18 heavy (non-hydrogen) atoms. The molecule has 2 rings (SSSR count). The Hall–Kier alpha value is -2.25. The zero-order valence-electron chi connectivity index (χ0n) is 10.4. The highest BCUT2D eigenvalue weighted by Crippen LogP contribution is 2.31. The number of hydrogen-bond donors (Lipinski definition) is 0. The molecule has 0 heterocycles. The van der Waals surface area contributed by atoms with Crippen LogP contribution in [0.5, 0.6) is 5.75 Å². The van der Waals surface area contributed by atoms with Gasteiger partial charge in [-0.3, -0.25) is 0 Å². The molecule has 0 amide bonds. The molecule has 0 aromatic heterocycles. The summed E-state index contributed by atoms with van der Waals surface area (Å²) >= 11 is 0. The number of benzene rings is 1. The van der Waals surface area contributed by atoms with Crippen LogP contribution >= 0.6 is 0 Å². The van der Waals surface area contributed by atoms with E-state index in [0.717, 1.165) is 22.6 Å². The minimum atomic E-state index is 0.537. The topological polar surface area (TPSA) is 35.5 Å². The number of rotatable bonds is 3. The van der Waals surface area contributed by atoms with Crippen molar-refractivity contribution in [2.75, 3.05) is 14.2 Å². The second kappa shape index (κ2) is 5.39. The van der Waals surface area contributed by atoms with Crippen molar-refractivity contribution < 1.29 is 14.3 Å². The zero-order chi connectivity index (χ0) is 13.0. The number of ether oxygens (including phenoxy) is 2. The van der Waals surface area contributed by atoms with Gasteiger partial charge in [0.1, 0.15) is 17.5 Å². The van der Waals surface area contributed by atoms with Crippen LogP contribution < -0.4 is 4.74 Å². The molecule has 0 radical (unpaired) electrons. The van der Waals surface area contributed by atoms with Crippen molar-refractivity contribution in [3.63, 3.8) is 0 Å². The van der Waals surface area contributed by atoms with Gasteiger partial charge in [0, 0.05) is 12.0 Å². The Morgan fingerprint density at radius 1 is 1.22 bits per heavy atom. The van der Waals surface area contributed by atoms with Crippen LogP contribution in [0.3, 0.4) is 0 Å². The van der Waals surface area contributed by atoms with Crippen molar-refractivity contribution in [3.8, 4) is 5.75 Å². The van der Waals surface area contributed by atoms with Crippen LogP contribution in [0.1, 0.15) is 12.0 Å². The molecule has 0 atom stereocenters. The van der Waals surface area contributed by atoms with Gasteiger partial charge in [-0.2, -0.15) is 0 Å². The monoisotopic (exact) mass is 242 g/mol. The first-order valence-corrected chi connectivity index (χ1v) is 5.63. The lowest BCUT2D eigenvalue weighted by Crippen LogP contribution is -1.99. The summed E-state index contributed by atoms with van der Waals surface area (Å²) in [5.74, 6) is 3.50. The average molecular weight is 242 g/mol. The van der Waals surface area contributed by atoms with Gasteiger partial charge >= 0.3 is 0 Å². The lowest BCUT2D eigenvalue weighted by atomic mass is 9.92. The summed E-state index contributed by atoms with van der Waals surface area (Å²) in [6.07, 6.45) is 4.25. The van der Waals surface area contributed by atoms with Crippen molar-refractivity contribution in [2.24, 2.45) is 0 Å². The van der Waals surface area contributed by atoms with E-state index in [1.54, 1.807) is 14.2 Å². The number of hydrogen-bond acceptors (Lipinski definition) is 3. The van der Waals surface area contributed by atoms with E-state index in [2.05, 4.69) is 0 Å². The minimum Gasteiger partial charge on any atom is -0.497 e. The Balaban J connectivity index is 2.48. The predicted octanol–water partition coefficient (Wildman–Crippen LogP) is 2.77. The lowest BCUT2D eigenvalue weighted by Gasteiger charge is -2.15. The lowest BCUT2D eigenvalue weighted by molar-refractivity contribution is 0.305. The van der Waals surface area contributed by atoms with E-state index in [-0.39, 0.29) is 0 Å². The molecule has 0 unspecified atom stereocenters. The smallest absolute Gasteiger partial charge is 0.128 e. The van der Waals surface area contributed by atoms with Gasteiger partial charge in [0.15, 0.2) is 0 Å². The Morgan fingerprint density at radius 2 is 2.06 bits per heavy atom. The molecule has 1 aliphatic rings. The third-order valence-corrected chi connectivity index (χ3v) is 2.86. The summed E-state index contributed by atoms with van der Waals surface area (Å²) in [7, 11) is 3.23. The van der Waals surface area contributed by atoms with E-state index >= 15 is 0 Å². The summed E-state index contributed by atoms with van der Waals surface area (Å²) in [6.45, 7) is 0. The Morgan fingerprint density at radius 3 is 2.72 bits per heavy atom. The Bertz CT molecular complexity index is 561. The third kappa shape index (κ3) is 2.36. The van der Waals surface area contributed by atoms with Crippen LogP contribution in [0.25, 0.3) is 5.57 Å². The fourth-order valence-corrected chi connectivity index (χ4v) is 1.89. The highest BCUT2D eigenvalue weighted by atomic mass is 16.5. The highest BCUT2D eigenvalue weighted by molar-refractivity contribution is 5.90. The van der Waals surface area contributed by atoms with Crippen LogP contribution in [0.4, 0.5) is 0 Å². The van der Waals surface area contributed by atoms with Gasteiger partial charge in [-0.1, -0.05) is 12.1 Å². The molecule has 0 aliphatic heterocycles. The third-order valence-electron chi connectivity index (χ3n) is 2.86.